The summed E-state index contributed by atoms with van der Waals surface area (Å²) in [5, 5.41) is 4.91. The van der Waals surface area contributed by atoms with E-state index < -0.39 is 0 Å². The van der Waals surface area contributed by atoms with E-state index in [1.165, 1.54) is 24.0 Å². The van der Waals surface area contributed by atoms with Crippen molar-refractivity contribution in [2.75, 3.05) is 19.6 Å². The molecule has 0 spiro atoms. The first-order chi connectivity index (χ1) is 13.6. The van der Waals surface area contributed by atoms with E-state index >= 15 is 0 Å². The molecule has 2 heterocycles. The highest BCUT2D eigenvalue weighted by Gasteiger charge is 2.24. The van der Waals surface area contributed by atoms with Crippen LogP contribution in [0.15, 0.2) is 48.7 Å². The van der Waals surface area contributed by atoms with Gasteiger partial charge in [-0.2, -0.15) is 0 Å². The van der Waals surface area contributed by atoms with Crippen molar-refractivity contribution < 1.29 is 4.79 Å². The molecule has 28 heavy (non-hydrogen) atoms. The maximum atomic E-state index is 12.7. The minimum Gasteiger partial charge on any atom is -0.361 e. The Bertz CT molecular complexity index is 958. The number of carbonyl (C=O) groups is 1. The second-order valence-electron chi connectivity index (χ2n) is 7.65. The molecular weight excluding hydrogens is 370 g/mol. The summed E-state index contributed by atoms with van der Waals surface area (Å²) in [5.41, 5.74) is 4.49. The summed E-state index contributed by atoms with van der Waals surface area (Å²) in [6.45, 7) is 4.93. The molecule has 1 unspecified atom stereocenters. The third-order valence-corrected chi connectivity index (χ3v) is 5.85. The summed E-state index contributed by atoms with van der Waals surface area (Å²) < 4.78 is 0. The maximum Gasteiger partial charge on any atom is 0.224 e. The van der Waals surface area contributed by atoms with Gasteiger partial charge in [-0.1, -0.05) is 47.5 Å². The molecule has 1 aromatic heterocycles. The van der Waals surface area contributed by atoms with Gasteiger partial charge in [-0.25, -0.2) is 0 Å². The molecule has 0 saturated carbocycles. The number of carbonyl (C=O) groups excluding carboxylic acids is 1. The molecule has 1 fully saturated rings. The van der Waals surface area contributed by atoms with Crippen LogP contribution in [0.4, 0.5) is 0 Å². The van der Waals surface area contributed by atoms with Gasteiger partial charge in [-0.15, -0.1) is 0 Å². The summed E-state index contributed by atoms with van der Waals surface area (Å²) in [5.74, 6) is 0.0483. The number of aromatic amines is 1. The van der Waals surface area contributed by atoms with Crippen molar-refractivity contribution in [2.45, 2.75) is 32.2 Å². The van der Waals surface area contributed by atoms with Crippen LogP contribution in [0.25, 0.3) is 10.9 Å². The van der Waals surface area contributed by atoms with Gasteiger partial charge in [0.15, 0.2) is 0 Å². The molecule has 0 bridgehead atoms. The zero-order valence-corrected chi connectivity index (χ0v) is 16.9. The first-order valence-electron chi connectivity index (χ1n) is 9.93. The van der Waals surface area contributed by atoms with Crippen LogP contribution in [-0.2, 0) is 11.2 Å². The van der Waals surface area contributed by atoms with Gasteiger partial charge >= 0.3 is 0 Å². The predicted octanol–water partition coefficient (Wildman–Crippen LogP) is 4.63. The monoisotopic (exact) mass is 395 g/mol. The van der Waals surface area contributed by atoms with Crippen LogP contribution >= 0.6 is 11.6 Å². The second kappa shape index (κ2) is 8.38. The number of hydrogen-bond donors (Lipinski definition) is 2. The van der Waals surface area contributed by atoms with E-state index in [0.717, 1.165) is 29.6 Å². The number of amides is 1. The molecular formula is C23H26ClN3O. The number of aromatic nitrogens is 1. The van der Waals surface area contributed by atoms with Crippen LogP contribution in [0.3, 0.4) is 0 Å². The highest BCUT2D eigenvalue weighted by Crippen LogP contribution is 2.25. The Morgan fingerprint density at radius 3 is 2.68 bits per heavy atom. The van der Waals surface area contributed by atoms with Crippen molar-refractivity contribution in [3.63, 3.8) is 0 Å². The standard InChI is InChI=1S/C23H26ClN3O/c1-16-4-6-17(7-5-16)22(27-10-2-3-11-27)15-26-23(28)12-18-14-25-21-13-19(24)8-9-20(18)21/h4-9,13-14,22,25H,2-3,10-12,15H2,1H3,(H,26,28). The molecule has 1 atom stereocenters. The van der Waals surface area contributed by atoms with Gasteiger partial charge in [-0.3, -0.25) is 9.69 Å². The topological polar surface area (TPSA) is 48.1 Å². The van der Waals surface area contributed by atoms with E-state index in [0.29, 0.717) is 18.0 Å². The number of nitrogens with one attached hydrogen (secondary N) is 2. The molecule has 4 nitrogen and oxygen atoms in total. The van der Waals surface area contributed by atoms with Crippen molar-refractivity contribution in [3.05, 3.63) is 70.4 Å². The summed E-state index contributed by atoms with van der Waals surface area (Å²) in [6, 6.07) is 14.6. The van der Waals surface area contributed by atoms with Crippen LogP contribution < -0.4 is 5.32 Å². The number of aryl methyl sites for hydroxylation is 1. The smallest absolute Gasteiger partial charge is 0.224 e. The SMILES string of the molecule is Cc1ccc(C(CNC(=O)Cc2c[nH]c3cc(Cl)ccc23)N2CCCC2)cc1. The lowest BCUT2D eigenvalue weighted by Crippen LogP contribution is -2.37. The fraction of sp³-hybridized carbons (Fsp3) is 0.348. The lowest BCUT2D eigenvalue weighted by molar-refractivity contribution is -0.120. The van der Waals surface area contributed by atoms with Crippen molar-refractivity contribution >= 4 is 28.4 Å². The number of H-pyrrole nitrogens is 1. The van der Waals surface area contributed by atoms with E-state index in [2.05, 4.69) is 46.4 Å². The molecule has 5 heteroatoms. The molecule has 4 rings (SSSR count). The highest BCUT2D eigenvalue weighted by molar-refractivity contribution is 6.31. The van der Waals surface area contributed by atoms with Crippen molar-refractivity contribution in [2.24, 2.45) is 0 Å². The fourth-order valence-corrected chi connectivity index (χ4v) is 4.22. The number of benzene rings is 2. The van der Waals surface area contributed by atoms with Gasteiger partial charge in [0.1, 0.15) is 0 Å². The van der Waals surface area contributed by atoms with Crippen molar-refractivity contribution in [1.29, 1.82) is 0 Å². The largest absolute Gasteiger partial charge is 0.361 e. The van der Waals surface area contributed by atoms with Gasteiger partial charge in [0.05, 0.1) is 12.5 Å². The van der Waals surface area contributed by atoms with Crippen LogP contribution in [0.1, 0.15) is 35.6 Å². The van der Waals surface area contributed by atoms with E-state index in [1.54, 1.807) is 0 Å². The third kappa shape index (κ3) is 4.23. The molecule has 1 amide bonds. The highest BCUT2D eigenvalue weighted by atomic mass is 35.5. The van der Waals surface area contributed by atoms with Crippen LogP contribution in [0.2, 0.25) is 5.02 Å². The summed E-state index contributed by atoms with van der Waals surface area (Å²) >= 11 is 6.04. The first-order valence-corrected chi connectivity index (χ1v) is 10.3. The van der Waals surface area contributed by atoms with Gasteiger partial charge in [-0.05, 0) is 56.1 Å². The van der Waals surface area contributed by atoms with Crippen LogP contribution in [-0.4, -0.2) is 35.4 Å². The predicted molar refractivity (Wildman–Crippen MR) is 115 cm³/mol. The Hall–Kier alpha value is -2.30. The van der Waals surface area contributed by atoms with E-state index in [-0.39, 0.29) is 11.9 Å². The second-order valence-corrected chi connectivity index (χ2v) is 8.09. The van der Waals surface area contributed by atoms with Crippen LogP contribution in [0.5, 0.6) is 0 Å². The Labute approximate surface area is 170 Å². The van der Waals surface area contributed by atoms with Gasteiger partial charge in [0.2, 0.25) is 5.91 Å². The number of fused-ring (bicyclic) bond motifs is 1. The molecule has 2 N–H and O–H groups in total. The number of nitrogens with zero attached hydrogens (tertiary/aromatic N) is 1. The van der Waals surface area contributed by atoms with Crippen LogP contribution in [0, 0.1) is 6.92 Å². The normalized spacial score (nSPS) is 15.8. The molecule has 2 aromatic carbocycles. The number of likely N-dealkylation sites (tertiary alicyclic amines) is 1. The Morgan fingerprint density at radius 1 is 1.18 bits per heavy atom. The van der Waals surface area contributed by atoms with E-state index in [9.17, 15) is 4.79 Å². The quantitative estimate of drug-likeness (QED) is 0.639. The maximum absolute atomic E-state index is 12.7. The molecule has 0 radical (unpaired) electrons. The van der Waals surface area contributed by atoms with E-state index in [4.69, 9.17) is 11.6 Å². The number of rotatable bonds is 6. The molecule has 0 aliphatic carbocycles. The summed E-state index contributed by atoms with van der Waals surface area (Å²) in [6.07, 6.45) is 4.73. The van der Waals surface area contributed by atoms with Gasteiger partial charge in [0, 0.05) is 28.7 Å². The average Bonchev–Trinajstić information content (AvgIpc) is 3.34. The third-order valence-electron chi connectivity index (χ3n) is 5.62. The van der Waals surface area contributed by atoms with E-state index in [1.807, 2.05) is 24.4 Å². The fourth-order valence-electron chi connectivity index (χ4n) is 4.05. The van der Waals surface area contributed by atoms with Gasteiger partial charge in [0.25, 0.3) is 0 Å². The molecule has 1 aliphatic rings. The average molecular weight is 396 g/mol. The molecule has 3 aromatic rings. The summed E-state index contributed by atoms with van der Waals surface area (Å²) in [7, 11) is 0. The number of halogens is 1. The first kappa shape index (κ1) is 19.0. The lowest BCUT2D eigenvalue weighted by Gasteiger charge is -2.28. The van der Waals surface area contributed by atoms with Crippen molar-refractivity contribution in [1.82, 2.24) is 15.2 Å². The Balaban J connectivity index is 1.44. The number of hydrogen-bond acceptors (Lipinski definition) is 2. The lowest BCUT2D eigenvalue weighted by atomic mass is 10.0. The minimum absolute atomic E-state index is 0.0483. The zero-order chi connectivity index (χ0) is 19.5. The molecule has 1 saturated heterocycles. The Kier molecular flexibility index (Phi) is 5.69. The summed E-state index contributed by atoms with van der Waals surface area (Å²) in [4.78, 5) is 18.3. The Morgan fingerprint density at radius 2 is 1.93 bits per heavy atom. The zero-order valence-electron chi connectivity index (χ0n) is 16.2. The minimum atomic E-state index is 0.0483. The molecule has 146 valence electrons. The van der Waals surface area contributed by atoms with Crippen molar-refractivity contribution in [3.8, 4) is 0 Å². The van der Waals surface area contributed by atoms with Gasteiger partial charge < -0.3 is 10.3 Å². The molecule has 1 aliphatic heterocycles.